The molecule has 3 aromatic rings. The van der Waals surface area contributed by atoms with Gasteiger partial charge in [0.15, 0.2) is 16.8 Å². The summed E-state index contributed by atoms with van der Waals surface area (Å²) in [5.74, 6) is -7.88. The Hall–Kier alpha value is -4.05. The van der Waals surface area contributed by atoms with E-state index >= 15 is 0 Å². The van der Waals surface area contributed by atoms with Crippen molar-refractivity contribution in [1.29, 1.82) is 0 Å². The third-order valence-corrected chi connectivity index (χ3v) is 10.6. The van der Waals surface area contributed by atoms with Crippen LogP contribution in [0.4, 0.5) is 0 Å². The number of rotatable bonds is 12. The van der Waals surface area contributed by atoms with Crippen molar-refractivity contribution < 1.29 is 43.9 Å². The van der Waals surface area contributed by atoms with E-state index < -0.39 is 58.4 Å². The molecular weight excluding hydrogens is 552 g/mol. The molecule has 4 aliphatic carbocycles. The molecule has 0 spiro atoms. The van der Waals surface area contributed by atoms with Gasteiger partial charge in [0.2, 0.25) is 0 Å². The first-order chi connectivity index (χ1) is 20.7. The van der Waals surface area contributed by atoms with E-state index in [1.807, 2.05) is 0 Å². The molecule has 6 atom stereocenters. The minimum Gasteiger partial charge on any atom is -0.479 e. The largest absolute Gasteiger partial charge is 0.479 e. The van der Waals surface area contributed by atoms with Crippen LogP contribution in [0, 0.1) is 41.4 Å². The lowest BCUT2D eigenvalue weighted by atomic mass is 9.64. The summed E-state index contributed by atoms with van der Waals surface area (Å²) in [4.78, 5) is 40.2. The van der Waals surface area contributed by atoms with E-state index in [0.29, 0.717) is 16.7 Å². The van der Waals surface area contributed by atoms with Crippen LogP contribution in [-0.4, -0.2) is 54.6 Å². The Morgan fingerprint density at radius 3 is 0.884 bits per heavy atom. The second-order valence-electron chi connectivity index (χ2n) is 11.7. The number of carboxylic acids is 3. The van der Waals surface area contributed by atoms with Gasteiger partial charge in [0.05, 0.1) is 0 Å². The van der Waals surface area contributed by atoms with Gasteiger partial charge in [0.25, 0.3) is 0 Å². The Bertz CT molecular complexity index is 1340. The van der Waals surface area contributed by atoms with E-state index in [2.05, 4.69) is 0 Å². The minimum atomic E-state index is -1.88. The van der Waals surface area contributed by atoms with Crippen molar-refractivity contribution in [2.75, 3.05) is 21.3 Å². The van der Waals surface area contributed by atoms with Gasteiger partial charge in [-0.1, -0.05) is 91.0 Å². The molecule has 0 heterocycles. The maximum atomic E-state index is 13.4. The molecule has 0 aromatic heterocycles. The van der Waals surface area contributed by atoms with Crippen LogP contribution in [0.1, 0.15) is 16.7 Å². The minimum absolute atomic E-state index is 0.355. The van der Waals surface area contributed by atoms with E-state index in [9.17, 15) is 29.7 Å². The molecule has 0 amide bonds. The van der Waals surface area contributed by atoms with Gasteiger partial charge < -0.3 is 29.5 Å². The zero-order valence-corrected chi connectivity index (χ0v) is 24.0. The number of methoxy groups -OCH3 is 3. The maximum absolute atomic E-state index is 13.4. The van der Waals surface area contributed by atoms with Crippen molar-refractivity contribution in [3.8, 4) is 0 Å². The molecule has 9 nitrogen and oxygen atoms in total. The van der Waals surface area contributed by atoms with Crippen molar-refractivity contribution in [3.05, 3.63) is 108 Å². The molecule has 4 bridgehead atoms. The second kappa shape index (κ2) is 10.3. The Kier molecular flexibility index (Phi) is 6.95. The molecule has 224 valence electrons. The van der Waals surface area contributed by atoms with Gasteiger partial charge in [-0.05, 0) is 40.4 Å². The Morgan fingerprint density at radius 1 is 0.465 bits per heavy atom. The topological polar surface area (TPSA) is 140 Å². The number of hydrogen-bond donors (Lipinski definition) is 3. The Labute approximate surface area is 249 Å². The summed E-state index contributed by atoms with van der Waals surface area (Å²) in [5, 5.41) is 32.8. The summed E-state index contributed by atoms with van der Waals surface area (Å²) in [7, 11) is 4.02. The summed E-state index contributed by atoms with van der Waals surface area (Å²) < 4.78 is 18.0. The fraction of sp³-hybridized carbons (Fsp3) is 0.382. The third kappa shape index (κ3) is 3.59. The van der Waals surface area contributed by atoms with Gasteiger partial charge >= 0.3 is 17.9 Å². The van der Waals surface area contributed by atoms with E-state index in [1.54, 1.807) is 91.0 Å². The van der Waals surface area contributed by atoms with Crippen LogP contribution in [-0.2, 0) is 45.4 Å². The van der Waals surface area contributed by atoms with Crippen molar-refractivity contribution >= 4 is 17.9 Å². The normalized spacial score (nSPS) is 30.9. The van der Waals surface area contributed by atoms with Crippen molar-refractivity contribution in [1.82, 2.24) is 0 Å². The number of carboxylic acid groups (broad SMARTS) is 3. The zero-order valence-electron chi connectivity index (χ0n) is 24.0. The SMILES string of the molecule is CO[C@](C(=O)O)(c1ccccc1)[C@@H]1C2C3C2[C@@H]([C@@](OC)(C(=O)O)c2ccccc2)C1[C@@H]3[C@@](OC)(C(=O)O)c1ccccc1. The molecule has 9 heteroatoms. The predicted molar refractivity (Wildman–Crippen MR) is 153 cm³/mol. The monoisotopic (exact) mass is 586 g/mol. The van der Waals surface area contributed by atoms with E-state index in [4.69, 9.17) is 14.2 Å². The molecule has 0 saturated heterocycles. The van der Waals surface area contributed by atoms with Crippen LogP contribution >= 0.6 is 0 Å². The number of benzene rings is 3. The second-order valence-corrected chi connectivity index (χ2v) is 11.7. The van der Waals surface area contributed by atoms with Crippen LogP contribution in [0.2, 0.25) is 0 Å². The van der Waals surface area contributed by atoms with Gasteiger partial charge in [-0.2, -0.15) is 0 Å². The molecule has 0 aliphatic heterocycles. The van der Waals surface area contributed by atoms with Crippen LogP contribution in [0.15, 0.2) is 91.0 Å². The van der Waals surface area contributed by atoms with Gasteiger partial charge in [-0.15, -0.1) is 0 Å². The van der Waals surface area contributed by atoms with Crippen LogP contribution < -0.4 is 0 Å². The Balaban J connectivity index is 1.65. The van der Waals surface area contributed by atoms with Gasteiger partial charge in [-0.25, -0.2) is 14.4 Å². The summed E-state index contributed by atoms with van der Waals surface area (Å²) in [6.07, 6.45) is 0. The lowest BCUT2D eigenvalue weighted by Crippen LogP contribution is -2.54. The van der Waals surface area contributed by atoms with Crippen molar-refractivity contribution in [2.24, 2.45) is 41.4 Å². The fourth-order valence-corrected chi connectivity index (χ4v) is 9.34. The summed E-state index contributed by atoms with van der Waals surface area (Å²) >= 11 is 0. The van der Waals surface area contributed by atoms with E-state index in [0.717, 1.165) is 0 Å². The molecule has 3 N–H and O–H groups in total. The maximum Gasteiger partial charge on any atom is 0.340 e. The zero-order chi connectivity index (χ0) is 30.7. The van der Waals surface area contributed by atoms with E-state index in [-0.39, 0.29) is 17.8 Å². The van der Waals surface area contributed by atoms with E-state index in [1.165, 1.54) is 21.3 Å². The molecule has 0 unspecified atom stereocenters. The van der Waals surface area contributed by atoms with Crippen molar-refractivity contribution in [3.63, 3.8) is 0 Å². The first kappa shape index (κ1) is 29.0. The predicted octanol–water partition coefficient (Wildman–Crippen LogP) is 4.22. The molecule has 7 rings (SSSR count). The molecule has 3 aromatic carbocycles. The summed E-state index contributed by atoms with van der Waals surface area (Å²) in [5.41, 5.74) is -4.42. The van der Waals surface area contributed by atoms with Crippen LogP contribution in [0.3, 0.4) is 0 Å². The average molecular weight is 587 g/mol. The molecule has 0 radical (unpaired) electrons. The number of aliphatic carboxylic acids is 3. The highest BCUT2D eigenvalue weighted by molar-refractivity contribution is 5.84. The lowest BCUT2D eigenvalue weighted by molar-refractivity contribution is -0.192. The molecular formula is C34H34O9. The van der Waals surface area contributed by atoms with Crippen molar-refractivity contribution in [2.45, 2.75) is 16.8 Å². The van der Waals surface area contributed by atoms with Gasteiger partial charge in [0, 0.05) is 39.1 Å². The lowest BCUT2D eigenvalue weighted by Gasteiger charge is -2.45. The Morgan fingerprint density at radius 2 is 0.698 bits per heavy atom. The molecule has 4 aliphatic rings. The summed E-state index contributed by atoms with van der Waals surface area (Å²) in [6.45, 7) is 0. The highest BCUT2D eigenvalue weighted by atomic mass is 16.5. The number of carbonyl (C=O) groups is 3. The number of hydrogen-bond acceptors (Lipinski definition) is 6. The first-order valence-corrected chi connectivity index (χ1v) is 14.2. The van der Waals surface area contributed by atoms with Gasteiger partial charge in [-0.3, -0.25) is 0 Å². The highest BCUT2D eigenvalue weighted by Gasteiger charge is 2.88. The fourth-order valence-electron chi connectivity index (χ4n) is 9.34. The third-order valence-electron chi connectivity index (χ3n) is 10.6. The first-order valence-electron chi connectivity index (χ1n) is 14.2. The van der Waals surface area contributed by atoms with Crippen LogP contribution in [0.5, 0.6) is 0 Å². The standard InChI is InChI=1S/C34H34O9/c1-41-32(29(35)36,19-13-7-4-8-14-19)26-22-23-24(22)28(34(43-3,31(39)40)21-17-11-6-12-18-21)25(26)27(23)33(42-2,30(37)38)20-15-9-5-10-16-20/h4-18,22-28H,1-3H3,(H,35,36)(H,37,38)(H,39,40)/t22?,23?,24?,25?,26-,27-,28-,32-,33-,34-/m1/s1. The average Bonchev–Trinajstić information content (AvgIpc) is 3.27. The van der Waals surface area contributed by atoms with Crippen LogP contribution in [0.25, 0.3) is 0 Å². The quantitative estimate of drug-likeness (QED) is 0.285. The highest BCUT2D eigenvalue weighted by Crippen LogP contribution is 2.85. The smallest absolute Gasteiger partial charge is 0.340 e. The number of ether oxygens (including phenoxy) is 3. The summed E-state index contributed by atoms with van der Waals surface area (Å²) in [6, 6.07) is 25.8. The van der Waals surface area contributed by atoms with Gasteiger partial charge in [0.1, 0.15) is 0 Å². The molecule has 43 heavy (non-hydrogen) atoms. The molecule has 4 fully saturated rings. The molecule has 4 saturated carbocycles.